The summed E-state index contributed by atoms with van der Waals surface area (Å²) < 4.78 is 46.2. The summed E-state index contributed by atoms with van der Waals surface area (Å²) in [5, 5.41) is 10.0. The van der Waals surface area contributed by atoms with E-state index >= 15 is 0 Å². The van der Waals surface area contributed by atoms with E-state index < -0.39 is 15.7 Å². The Morgan fingerprint density at radius 1 is 1.25 bits per heavy atom. The first-order valence-electron chi connectivity index (χ1n) is 8.67. The van der Waals surface area contributed by atoms with Gasteiger partial charge in [-0.15, -0.1) is 4.40 Å². The van der Waals surface area contributed by atoms with E-state index in [0.29, 0.717) is 5.56 Å². The zero-order chi connectivity index (χ0) is 20.7. The van der Waals surface area contributed by atoms with Gasteiger partial charge in [0.1, 0.15) is 17.3 Å². The van der Waals surface area contributed by atoms with Crippen molar-refractivity contribution < 1.29 is 27.0 Å². The number of ether oxygens (including phenoxy) is 1. The maximum Gasteiger partial charge on any atom is 0.350 e. The van der Waals surface area contributed by atoms with Gasteiger partial charge in [-0.1, -0.05) is 25.4 Å². The fraction of sp³-hybridized carbons (Fsp3) is 0.316. The highest BCUT2D eigenvalue weighted by Crippen LogP contribution is 2.32. The van der Waals surface area contributed by atoms with Gasteiger partial charge >= 0.3 is 5.90 Å². The lowest BCUT2D eigenvalue weighted by Gasteiger charge is -2.10. The van der Waals surface area contributed by atoms with Crippen molar-refractivity contribution in [3.63, 3.8) is 0 Å². The molecule has 0 fully saturated rings. The predicted molar refractivity (Wildman–Crippen MR) is 111 cm³/mol. The van der Waals surface area contributed by atoms with Crippen LogP contribution in [0.3, 0.4) is 0 Å². The SMILES string of the molecule is CCCS/[NH+]=C(\O)Cc1cc(F)cc(Oc2ccc(S(=O)(=O)CC)cc2Cl)c1. The van der Waals surface area contributed by atoms with Crippen LogP contribution in [0.1, 0.15) is 25.8 Å². The van der Waals surface area contributed by atoms with Crippen molar-refractivity contribution in [3.8, 4) is 11.5 Å². The molecule has 0 aliphatic rings. The Balaban J connectivity index is 2.21. The number of sulfone groups is 1. The van der Waals surface area contributed by atoms with E-state index in [1.807, 2.05) is 6.92 Å². The molecule has 0 saturated carbocycles. The summed E-state index contributed by atoms with van der Waals surface area (Å²) in [4.78, 5) is 0.0995. The summed E-state index contributed by atoms with van der Waals surface area (Å²) in [5.74, 6) is 0.686. The molecule has 0 heterocycles. The van der Waals surface area contributed by atoms with Gasteiger partial charge in [0, 0.05) is 6.07 Å². The molecule has 0 unspecified atom stereocenters. The first-order chi connectivity index (χ1) is 13.2. The van der Waals surface area contributed by atoms with E-state index in [4.69, 9.17) is 16.3 Å². The van der Waals surface area contributed by atoms with Crippen molar-refractivity contribution in [3.05, 3.63) is 52.8 Å². The molecular formula is C19H22ClFNO4S2+. The lowest BCUT2D eigenvalue weighted by atomic mass is 10.1. The van der Waals surface area contributed by atoms with Gasteiger partial charge in [0.15, 0.2) is 21.8 Å². The molecule has 0 spiro atoms. The minimum atomic E-state index is -3.39. The fourth-order valence-corrected chi connectivity index (χ4v) is 4.03. The molecule has 0 saturated heterocycles. The number of hydrogen-bond donors (Lipinski definition) is 2. The average molecular weight is 447 g/mol. The van der Waals surface area contributed by atoms with Gasteiger partial charge in [0.05, 0.1) is 27.8 Å². The Labute approximate surface area is 173 Å². The number of aliphatic hydroxyl groups is 1. The Hall–Kier alpha value is -1.77. The number of rotatable bonds is 9. The lowest BCUT2D eigenvalue weighted by Crippen LogP contribution is -2.64. The maximum absolute atomic E-state index is 13.9. The number of aliphatic hydroxyl groups excluding tert-OH is 1. The van der Waals surface area contributed by atoms with Crippen molar-refractivity contribution in [2.24, 2.45) is 0 Å². The molecule has 0 aromatic heterocycles. The first-order valence-corrected chi connectivity index (χ1v) is 11.7. The molecule has 0 radical (unpaired) electrons. The van der Waals surface area contributed by atoms with E-state index in [1.165, 1.54) is 42.3 Å². The van der Waals surface area contributed by atoms with Crippen molar-refractivity contribution in [1.82, 2.24) is 0 Å². The molecule has 9 heteroatoms. The Morgan fingerprint density at radius 3 is 2.64 bits per heavy atom. The van der Waals surface area contributed by atoms with Crippen LogP contribution in [0.25, 0.3) is 0 Å². The van der Waals surface area contributed by atoms with Crippen LogP contribution >= 0.6 is 23.5 Å². The molecule has 0 amide bonds. The van der Waals surface area contributed by atoms with Crippen LogP contribution in [-0.4, -0.2) is 30.9 Å². The van der Waals surface area contributed by atoms with Gasteiger partial charge in [-0.05, 0) is 42.3 Å². The highest BCUT2D eigenvalue weighted by atomic mass is 35.5. The van der Waals surface area contributed by atoms with E-state index in [2.05, 4.69) is 4.40 Å². The van der Waals surface area contributed by atoms with Crippen LogP contribution in [0.4, 0.5) is 4.39 Å². The van der Waals surface area contributed by atoms with Crippen LogP contribution in [0.2, 0.25) is 5.02 Å². The van der Waals surface area contributed by atoms with Gasteiger partial charge in [0.25, 0.3) is 0 Å². The van der Waals surface area contributed by atoms with E-state index in [9.17, 15) is 17.9 Å². The predicted octanol–water partition coefficient (Wildman–Crippen LogP) is 3.70. The van der Waals surface area contributed by atoms with Crippen LogP contribution in [0, 0.1) is 5.82 Å². The number of benzene rings is 2. The molecule has 2 aromatic carbocycles. The summed E-state index contributed by atoms with van der Waals surface area (Å²) in [5.41, 5.74) is 0.512. The smallest absolute Gasteiger partial charge is 0.350 e. The minimum absolute atomic E-state index is 0.0159. The third-order valence-electron chi connectivity index (χ3n) is 3.67. The molecule has 28 heavy (non-hydrogen) atoms. The van der Waals surface area contributed by atoms with Gasteiger partial charge in [-0.2, -0.15) is 0 Å². The summed E-state index contributed by atoms with van der Waals surface area (Å²) in [6.45, 7) is 3.57. The molecule has 0 atom stereocenters. The van der Waals surface area contributed by atoms with Crippen LogP contribution < -0.4 is 9.13 Å². The monoisotopic (exact) mass is 446 g/mol. The highest BCUT2D eigenvalue weighted by molar-refractivity contribution is 7.92. The molecule has 2 rings (SSSR count). The van der Waals surface area contributed by atoms with E-state index in [-0.39, 0.29) is 39.5 Å². The highest BCUT2D eigenvalue weighted by Gasteiger charge is 2.15. The third-order valence-corrected chi connectivity index (χ3v) is 6.69. The lowest BCUT2D eigenvalue weighted by molar-refractivity contribution is -0.260. The van der Waals surface area contributed by atoms with Crippen molar-refractivity contribution in [2.75, 3.05) is 11.5 Å². The van der Waals surface area contributed by atoms with Crippen molar-refractivity contribution in [2.45, 2.75) is 31.6 Å². The molecule has 152 valence electrons. The normalized spacial score (nSPS) is 12.2. The molecule has 0 bridgehead atoms. The van der Waals surface area contributed by atoms with Crippen molar-refractivity contribution >= 4 is 39.3 Å². The van der Waals surface area contributed by atoms with Gasteiger partial charge in [0.2, 0.25) is 0 Å². The van der Waals surface area contributed by atoms with E-state index in [0.717, 1.165) is 12.2 Å². The summed E-state index contributed by atoms with van der Waals surface area (Å²) in [7, 11) is -3.39. The molecule has 0 aliphatic carbocycles. The second-order valence-electron chi connectivity index (χ2n) is 5.97. The molecular weight excluding hydrogens is 425 g/mol. The van der Waals surface area contributed by atoms with E-state index in [1.54, 1.807) is 13.0 Å². The largest absolute Gasteiger partial charge is 0.462 e. The fourth-order valence-electron chi connectivity index (χ4n) is 2.30. The van der Waals surface area contributed by atoms with Crippen LogP contribution in [0.5, 0.6) is 11.5 Å². The quantitative estimate of drug-likeness (QED) is 0.266. The maximum atomic E-state index is 13.9. The Morgan fingerprint density at radius 2 is 2.00 bits per heavy atom. The molecule has 2 aromatic rings. The van der Waals surface area contributed by atoms with Crippen molar-refractivity contribution in [1.29, 1.82) is 0 Å². The Kier molecular flexibility index (Phi) is 8.15. The second-order valence-corrected chi connectivity index (χ2v) is 9.55. The summed E-state index contributed by atoms with van der Waals surface area (Å²) in [6.07, 6.45) is 1.08. The minimum Gasteiger partial charge on any atom is -0.462 e. The van der Waals surface area contributed by atoms with Crippen LogP contribution in [0.15, 0.2) is 41.3 Å². The second kappa shape index (κ2) is 10.1. The average Bonchev–Trinajstić information content (AvgIpc) is 2.63. The topological polar surface area (TPSA) is 77.6 Å². The molecule has 5 nitrogen and oxygen atoms in total. The van der Waals surface area contributed by atoms with Gasteiger partial charge in [-0.25, -0.2) is 12.8 Å². The number of hydrogen-bond acceptors (Lipinski definition) is 4. The first kappa shape index (κ1) is 22.5. The zero-order valence-corrected chi connectivity index (χ0v) is 17.9. The van der Waals surface area contributed by atoms with Gasteiger partial charge in [-0.3, -0.25) is 0 Å². The Bertz CT molecular complexity index is 964. The number of nitrogens with one attached hydrogen (secondary N) is 1. The third kappa shape index (κ3) is 6.39. The van der Waals surface area contributed by atoms with Crippen LogP contribution in [-0.2, 0) is 16.3 Å². The number of halogens is 2. The summed E-state index contributed by atoms with van der Waals surface area (Å²) in [6, 6.07) is 8.21. The summed E-state index contributed by atoms with van der Waals surface area (Å²) >= 11 is 7.51. The molecule has 0 aliphatic heterocycles. The zero-order valence-electron chi connectivity index (χ0n) is 15.5. The van der Waals surface area contributed by atoms with Gasteiger partial charge < -0.3 is 9.84 Å². The molecule has 2 N–H and O–H groups in total. The standard InChI is InChI=1S/C19H21ClFNO4S2/c1-3-7-27-22-19(23)10-13-8-14(21)11-15(9-13)26-18-6-5-16(12-17(18)20)28(24,25)4-2/h5-6,8-9,11-12H,3-4,7,10H2,1-2H3,(H,22,23)/p+1.